The van der Waals surface area contributed by atoms with Crippen molar-refractivity contribution in [2.45, 2.75) is 55.9 Å². The van der Waals surface area contributed by atoms with Crippen LogP contribution in [-0.4, -0.2) is 25.2 Å². The van der Waals surface area contributed by atoms with E-state index in [9.17, 15) is 18.3 Å². The Morgan fingerprint density at radius 1 is 1.14 bits per heavy atom. The summed E-state index contributed by atoms with van der Waals surface area (Å²) >= 11 is 1.06. The molecular weight excluding hydrogens is 396 g/mol. The molecule has 1 saturated carbocycles. The zero-order chi connectivity index (χ0) is 20.7. The maximum atomic E-state index is 12.8. The van der Waals surface area contributed by atoms with Crippen LogP contribution in [0.5, 0.6) is 0 Å². The largest absolute Gasteiger partial charge is 0.374 e. The predicted octanol–water partition coefficient (Wildman–Crippen LogP) is 3.62. The molecule has 1 aliphatic carbocycles. The lowest BCUT2D eigenvalue weighted by Gasteiger charge is -2.20. The number of hydrogen-bond acceptors (Lipinski definition) is 5. The summed E-state index contributed by atoms with van der Waals surface area (Å²) in [6.45, 7) is 8.21. The molecular formula is C20H26N2O4S2. The Balaban J connectivity index is 1.79. The summed E-state index contributed by atoms with van der Waals surface area (Å²) in [5.41, 5.74) is 1.04. The van der Waals surface area contributed by atoms with Crippen molar-refractivity contribution in [3.8, 4) is 0 Å². The summed E-state index contributed by atoms with van der Waals surface area (Å²) in [5, 5.41) is 15.2. The SMILES string of the molecule is CC(C)c1cccc(C(C)C)c1NC(=O)C1CC1(O)NS(=O)(=O)c1cccs1. The van der Waals surface area contributed by atoms with Gasteiger partial charge in [0.15, 0.2) is 0 Å². The predicted molar refractivity (Wildman–Crippen MR) is 111 cm³/mol. The van der Waals surface area contributed by atoms with Gasteiger partial charge in [0.2, 0.25) is 5.91 Å². The van der Waals surface area contributed by atoms with Crippen LogP contribution in [0.4, 0.5) is 5.69 Å². The van der Waals surface area contributed by atoms with Gasteiger partial charge in [-0.15, -0.1) is 11.3 Å². The number of nitrogens with one attached hydrogen (secondary N) is 2. The first-order valence-corrected chi connectivity index (χ1v) is 11.6. The highest BCUT2D eigenvalue weighted by Gasteiger charge is 2.60. The fourth-order valence-electron chi connectivity index (χ4n) is 3.28. The van der Waals surface area contributed by atoms with Crippen molar-refractivity contribution in [3.63, 3.8) is 0 Å². The monoisotopic (exact) mass is 422 g/mol. The highest BCUT2D eigenvalue weighted by molar-refractivity contribution is 7.91. The van der Waals surface area contributed by atoms with Crippen molar-refractivity contribution in [2.75, 3.05) is 5.32 Å². The van der Waals surface area contributed by atoms with Crippen molar-refractivity contribution >= 4 is 33.0 Å². The number of carbonyl (C=O) groups is 1. The van der Waals surface area contributed by atoms with Gasteiger partial charge in [0.25, 0.3) is 10.0 Å². The average molecular weight is 423 g/mol. The van der Waals surface area contributed by atoms with E-state index in [1.165, 1.54) is 6.07 Å². The number of carbonyl (C=O) groups excluding carboxylic acids is 1. The van der Waals surface area contributed by atoms with E-state index in [-0.39, 0.29) is 28.4 Å². The van der Waals surface area contributed by atoms with Crippen molar-refractivity contribution in [2.24, 2.45) is 5.92 Å². The molecule has 1 amide bonds. The molecule has 3 N–H and O–H groups in total. The minimum atomic E-state index is -3.86. The lowest BCUT2D eigenvalue weighted by atomic mass is 9.92. The molecule has 0 spiro atoms. The molecule has 0 saturated heterocycles. The minimum absolute atomic E-state index is 0.0459. The number of amides is 1. The van der Waals surface area contributed by atoms with E-state index in [0.717, 1.165) is 28.2 Å². The Bertz CT molecular complexity index is 942. The number of anilines is 1. The Kier molecular flexibility index (Phi) is 5.69. The molecule has 3 rings (SSSR count). The molecule has 1 fully saturated rings. The van der Waals surface area contributed by atoms with Crippen LogP contribution in [0, 0.1) is 5.92 Å². The van der Waals surface area contributed by atoms with E-state index >= 15 is 0 Å². The number of sulfonamides is 1. The van der Waals surface area contributed by atoms with Crippen molar-refractivity contribution < 1.29 is 18.3 Å². The second kappa shape index (κ2) is 7.59. The third-order valence-electron chi connectivity index (χ3n) is 4.94. The van der Waals surface area contributed by atoms with Gasteiger partial charge in [-0.25, -0.2) is 8.42 Å². The molecule has 1 heterocycles. The molecule has 1 aromatic heterocycles. The standard InChI is InChI=1S/C20H26N2O4S2/c1-12(2)14-7-5-8-15(13(3)4)18(14)21-19(23)16-11-20(16,24)22-28(25,26)17-9-6-10-27-17/h5-10,12-13,16,22,24H,11H2,1-4H3,(H,21,23). The molecule has 2 aromatic rings. The summed E-state index contributed by atoms with van der Waals surface area (Å²) < 4.78 is 27.1. The van der Waals surface area contributed by atoms with E-state index in [2.05, 4.69) is 37.7 Å². The summed E-state index contributed by atoms with van der Waals surface area (Å²) in [6, 6.07) is 9.01. The van der Waals surface area contributed by atoms with Crippen LogP contribution in [0.3, 0.4) is 0 Å². The molecule has 152 valence electrons. The fraction of sp³-hybridized carbons (Fsp3) is 0.450. The van der Waals surface area contributed by atoms with Crippen LogP contribution >= 0.6 is 11.3 Å². The first-order chi connectivity index (χ1) is 13.0. The van der Waals surface area contributed by atoms with Crippen LogP contribution in [0.1, 0.15) is 57.1 Å². The minimum Gasteiger partial charge on any atom is -0.374 e. The molecule has 2 atom stereocenters. The Labute approximate surface area is 170 Å². The van der Waals surface area contributed by atoms with Gasteiger partial charge >= 0.3 is 0 Å². The quantitative estimate of drug-likeness (QED) is 0.594. The summed E-state index contributed by atoms with van der Waals surface area (Å²) in [6.07, 6.45) is 0.0459. The molecule has 1 aromatic carbocycles. The van der Waals surface area contributed by atoms with E-state index in [1.54, 1.807) is 11.4 Å². The molecule has 2 unspecified atom stereocenters. The first-order valence-electron chi connectivity index (χ1n) is 9.28. The first kappa shape index (κ1) is 21.0. The van der Waals surface area contributed by atoms with Gasteiger partial charge in [-0.2, -0.15) is 4.72 Å². The molecule has 6 nitrogen and oxygen atoms in total. The number of para-hydroxylation sites is 1. The van der Waals surface area contributed by atoms with Crippen LogP contribution in [-0.2, 0) is 14.8 Å². The summed E-state index contributed by atoms with van der Waals surface area (Å²) in [5.74, 6) is -0.789. The molecule has 0 aliphatic heterocycles. The van der Waals surface area contributed by atoms with Crippen LogP contribution in [0.15, 0.2) is 39.9 Å². The Morgan fingerprint density at radius 2 is 1.75 bits per heavy atom. The Hall–Kier alpha value is -1.74. The van der Waals surface area contributed by atoms with Crippen LogP contribution in [0.25, 0.3) is 0 Å². The second-order valence-electron chi connectivity index (χ2n) is 7.83. The third-order valence-corrected chi connectivity index (χ3v) is 7.84. The van der Waals surface area contributed by atoms with E-state index in [0.29, 0.717) is 0 Å². The van der Waals surface area contributed by atoms with Gasteiger partial charge < -0.3 is 10.4 Å². The topological polar surface area (TPSA) is 95.5 Å². The van der Waals surface area contributed by atoms with Crippen LogP contribution < -0.4 is 10.0 Å². The van der Waals surface area contributed by atoms with Crippen molar-refractivity contribution in [1.29, 1.82) is 0 Å². The smallest absolute Gasteiger partial charge is 0.252 e. The molecule has 28 heavy (non-hydrogen) atoms. The zero-order valence-electron chi connectivity index (χ0n) is 16.4. The molecule has 8 heteroatoms. The van der Waals surface area contributed by atoms with Gasteiger partial charge in [0.05, 0.1) is 5.92 Å². The van der Waals surface area contributed by atoms with E-state index in [1.807, 2.05) is 18.2 Å². The van der Waals surface area contributed by atoms with Gasteiger partial charge in [-0.05, 0) is 34.4 Å². The van der Waals surface area contributed by atoms with Gasteiger partial charge in [-0.3, -0.25) is 4.79 Å². The Morgan fingerprint density at radius 3 is 2.25 bits per heavy atom. The van der Waals surface area contributed by atoms with Crippen molar-refractivity contribution in [1.82, 2.24) is 4.72 Å². The molecule has 0 radical (unpaired) electrons. The molecule has 1 aliphatic rings. The highest BCUT2D eigenvalue weighted by Crippen LogP contribution is 2.44. The lowest BCUT2D eigenvalue weighted by Crippen LogP contribution is -2.40. The average Bonchev–Trinajstić information content (AvgIpc) is 3.01. The summed E-state index contributed by atoms with van der Waals surface area (Å²) in [4.78, 5) is 12.8. The molecule has 0 bridgehead atoms. The van der Waals surface area contributed by atoms with Gasteiger partial charge in [0.1, 0.15) is 9.93 Å². The maximum absolute atomic E-state index is 12.8. The second-order valence-corrected chi connectivity index (χ2v) is 10.7. The fourth-order valence-corrected chi connectivity index (χ4v) is 5.58. The van der Waals surface area contributed by atoms with Crippen LogP contribution in [0.2, 0.25) is 0 Å². The van der Waals surface area contributed by atoms with E-state index in [4.69, 9.17) is 0 Å². The van der Waals surface area contributed by atoms with Gasteiger partial charge in [0, 0.05) is 12.1 Å². The van der Waals surface area contributed by atoms with E-state index < -0.39 is 21.7 Å². The number of benzene rings is 1. The lowest BCUT2D eigenvalue weighted by molar-refractivity contribution is -0.118. The number of rotatable bonds is 7. The summed E-state index contributed by atoms with van der Waals surface area (Å²) in [7, 11) is -3.86. The highest BCUT2D eigenvalue weighted by atomic mass is 32.2. The number of thiophene rings is 1. The number of hydrogen-bond donors (Lipinski definition) is 3. The van der Waals surface area contributed by atoms with Gasteiger partial charge in [-0.1, -0.05) is 52.0 Å². The number of aliphatic hydroxyl groups is 1. The third kappa shape index (κ3) is 4.15. The maximum Gasteiger partial charge on any atom is 0.252 e. The zero-order valence-corrected chi connectivity index (χ0v) is 18.0. The normalized spacial score (nSPS) is 21.9. The van der Waals surface area contributed by atoms with Crippen molar-refractivity contribution in [3.05, 3.63) is 46.8 Å².